The van der Waals surface area contributed by atoms with Gasteiger partial charge in [-0.1, -0.05) is 0 Å². The molecule has 1 aliphatic carbocycles. The molecule has 2 unspecified atom stereocenters. The van der Waals surface area contributed by atoms with Crippen LogP contribution in [0.25, 0.3) is 0 Å². The zero-order chi connectivity index (χ0) is 11.8. The van der Waals surface area contributed by atoms with Gasteiger partial charge in [0.25, 0.3) is 0 Å². The first kappa shape index (κ1) is 12.3. The highest BCUT2D eigenvalue weighted by molar-refractivity contribution is 7.92. The van der Waals surface area contributed by atoms with Crippen LogP contribution in [-0.4, -0.2) is 37.7 Å². The van der Waals surface area contributed by atoms with Crippen molar-refractivity contribution in [2.24, 2.45) is 5.73 Å². The molecule has 16 heavy (non-hydrogen) atoms. The molecule has 2 rings (SSSR count). The van der Waals surface area contributed by atoms with Crippen LogP contribution in [0, 0.1) is 0 Å². The smallest absolute Gasteiger partial charge is 0.158 e. The number of hydrogen-bond donors (Lipinski definition) is 1. The van der Waals surface area contributed by atoms with Gasteiger partial charge in [-0.25, -0.2) is 8.42 Å². The van der Waals surface area contributed by atoms with Crippen LogP contribution >= 0.6 is 0 Å². The van der Waals surface area contributed by atoms with E-state index in [0.717, 1.165) is 25.7 Å². The lowest BCUT2D eigenvalue weighted by Gasteiger charge is -2.28. The first-order chi connectivity index (χ1) is 7.51. The lowest BCUT2D eigenvalue weighted by molar-refractivity contribution is 0.126. The number of nitrogens with two attached hydrogens (primary N) is 1. The summed E-state index contributed by atoms with van der Waals surface area (Å²) in [5.74, 6) is 0. The minimum absolute atomic E-state index is 0.138. The Kier molecular flexibility index (Phi) is 3.56. The zero-order valence-electron chi connectivity index (χ0n) is 9.76. The van der Waals surface area contributed by atoms with Gasteiger partial charge >= 0.3 is 0 Å². The molecule has 1 aliphatic heterocycles. The topological polar surface area (TPSA) is 69.4 Å². The van der Waals surface area contributed by atoms with Gasteiger partial charge in [-0.15, -0.1) is 0 Å². The van der Waals surface area contributed by atoms with Crippen molar-refractivity contribution >= 4 is 9.84 Å². The van der Waals surface area contributed by atoms with Crippen LogP contribution in [0.5, 0.6) is 0 Å². The third-order valence-corrected chi connectivity index (χ3v) is 6.78. The lowest BCUT2D eigenvalue weighted by Crippen LogP contribution is -2.40. The van der Waals surface area contributed by atoms with Crippen molar-refractivity contribution in [2.45, 2.75) is 61.7 Å². The Balaban J connectivity index is 2.07. The van der Waals surface area contributed by atoms with Crippen molar-refractivity contribution in [2.75, 3.05) is 6.61 Å². The van der Waals surface area contributed by atoms with Crippen LogP contribution in [0.15, 0.2) is 0 Å². The van der Waals surface area contributed by atoms with E-state index in [4.69, 9.17) is 10.5 Å². The average Bonchev–Trinajstić information content (AvgIpc) is 2.66. The molecule has 94 valence electrons. The van der Waals surface area contributed by atoms with Crippen LogP contribution in [-0.2, 0) is 14.6 Å². The Hall–Kier alpha value is -0.130. The Labute approximate surface area is 97.5 Å². The standard InChI is InChI=1S/C11H21NO3S/c1-8-11(6-7-15-8)16(13,14)10-4-2-9(12)3-5-10/h8-11H,2-7,12H2,1H3. The molecular formula is C11H21NO3S. The van der Waals surface area contributed by atoms with E-state index in [-0.39, 0.29) is 22.6 Å². The quantitative estimate of drug-likeness (QED) is 0.785. The maximum absolute atomic E-state index is 12.4. The highest BCUT2D eigenvalue weighted by Crippen LogP contribution is 2.31. The second kappa shape index (κ2) is 4.63. The summed E-state index contributed by atoms with van der Waals surface area (Å²) in [6, 6.07) is 0.198. The lowest BCUT2D eigenvalue weighted by atomic mass is 9.96. The summed E-state index contributed by atoms with van der Waals surface area (Å²) in [6.07, 6.45) is 3.66. The van der Waals surface area contributed by atoms with Crippen LogP contribution in [0.3, 0.4) is 0 Å². The van der Waals surface area contributed by atoms with Crippen LogP contribution in [0.1, 0.15) is 39.0 Å². The molecule has 2 fully saturated rings. The molecule has 2 aliphatic rings. The first-order valence-corrected chi connectivity index (χ1v) is 7.72. The Bertz CT molecular complexity index is 333. The predicted molar refractivity (Wildman–Crippen MR) is 63.0 cm³/mol. The molecule has 0 amide bonds. The average molecular weight is 247 g/mol. The van der Waals surface area contributed by atoms with Crippen LogP contribution in [0.2, 0.25) is 0 Å². The maximum Gasteiger partial charge on any atom is 0.158 e. The second-order valence-electron chi connectivity index (χ2n) is 5.03. The van der Waals surface area contributed by atoms with Gasteiger partial charge in [0.2, 0.25) is 0 Å². The fourth-order valence-corrected chi connectivity index (χ4v) is 5.27. The molecule has 0 aromatic heterocycles. The third kappa shape index (κ3) is 2.26. The van der Waals surface area contributed by atoms with E-state index >= 15 is 0 Å². The van der Waals surface area contributed by atoms with Gasteiger partial charge in [-0.3, -0.25) is 0 Å². The van der Waals surface area contributed by atoms with Gasteiger partial charge < -0.3 is 10.5 Å². The van der Waals surface area contributed by atoms with Gasteiger partial charge in [0.15, 0.2) is 9.84 Å². The molecule has 4 nitrogen and oxygen atoms in total. The Morgan fingerprint density at radius 1 is 1.12 bits per heavy atom. The maximum atomic E-state index is 12.4. The summed E-state index contributed by atoms with van der Waals surface area (Å²) < 4.78 is 30.1. The summed E-state index contributed by atoms with van der Waals surface area (Å²) >= 11 is 0. The molecule has 1 heterocycles. The van der Waals surface area contributed by atoms with E-state index < -0.39 is 9.84 Å². The number of ether oxygens (including phenoxy) is 1. The molecule has 0 spiro atoms. The van der Waals surface area contributed by atoms with E-state index in [2.05, 4.69) is 0 Å². The SMILES string of the molecule is CC1OCCC1S(=O)(=O)C1CCC(N)CC1. The second-order valence-corrected chi connectivity index (χ2v) is 7.48. The largest absolute Gasteiger partial charge is 0.377 e. The summed E-state index contributed by atoms with van der Waals surface area (Å²) in [7, 11) is -3.01. The molecule has 2 atom stereocenters. The fourth-order valence-electron chi connectivity index (χ4n) is 2.81. The molecule has 0 bridgehead atoms. The number of hydrogen-bond acceptors (Lipinski definition) is 4. The van der Waals surface area contributed by atoms with Crippen molar-refractivity contribution in [1.82, 2.24) is 0 Å². The van der Waals surface area contributed by atoms with Crippen molar-refractivity contribution < 1.29 is 13.2 Å². The van der Waals surface area contributed by atoms with Crippen molar-refractivity contribution in [3.05, 3.63) is 0 Å². The molecule has 0 aromatic rings. The van der Waals surface area contributed by atoms with E-state index in [1.807, 2.05) is 6.92 Å². The zero-order valence-corrected chi connectivity index (χ0v) is 10.6. The summed E-state index contributed by atoms with van der Waals surface area (Å²) in [4.78, 5) is 0. The van der Waals surface area contributed by atoms with E-state index in [1.165, 1.54) is 0 Å². The molecule has 2 N–H and O–H groups in total. The fraction of sp³-hybridized carbons (Fsp3) is 1.00. The third-order valence-electron chi connectivity index (χ3n) is 3.91. The highest BCUT2D eigenvalue weighted by atomic mass is 32.2. The van der Waals surface area contributed by atoms with Gasteiger partial charge in [-0.2, -0.15) is 0 Å². The van der Waals surface area contributed by atoms with Crippen LogP contribution in [0.4, 0.5) is 0 Å². The van der Waals surface area contributed by atoms with Crippen molar-refractivity contribution in [1.29, 1.82) is 0 Å². The molecule has 5 heteroatoms. The number of rotatable bonds is 2. The van der Waals surface area contributed by atoms with Gasteiger partial charge in [0, 0.05) is 12.6 Å². The van der Waals surface area contributed by atoms with E-state index in [1.54, 1.807) is 0 Å². The molecule has 0 aromatic carbocycles. The molecule has 0 radical (unpaired) electrons. The molecular weight excluding hydrogens is 226 g/mol. The Morgan fingerprint density at radius 3 is 2.25 bits per heavy atom. The minimum atomic E-state index is -3.01. The predicted octanol–water partition coefficient (Wildman–Crippen LogP) is 0.848. The normalized spacial score (nSPS) is 41.1. The number of sulfone groups is 1. The Morgan fingerprint density at radius 2 is 1.75 bits per heavy atom. The van der Waals surface area contributed by atoms with E-state index in [9.17, 15) is 8.42 Å². The van der Waals surface area contributed by atoms with Gasteiger partial charge in [0.1, 0.15) is 0 Å². The first-order valence-electron chi connectivity index (χ1n) is 6.11. The molecule has 1 saturated heterocycles. The summed E-state index contributed by atoms with van der Waals surface area (Å²) in [5.41, 5.74) is 5.80. The molecule has 1 saturated carbocycles. The van der Waals surface area contributed by atoms with Gasteiger partial charge in [-0.05, 0) is 39.0 Å². The van der Waals surface area contributed by atoms with Crippen LogP contribution < -0.4 is 5.73 Å². The van der Waals surface area contributed by atoms with E-state index in [0.29, 0.717) is 13.0 Å². The van der Waals surface area contributed by atoms with Crippen molar-refractivity contribution in [3.63, 3.8) is 0 Å². The van der Waals surface area contributed by atoms with Crippen molar-refractivity contribution in [3.8, 4) is 0 Å². The van der Waals surface area contributed by atoms with Gasteiger partial charge in [0.05, 0.1) is 16.6 Å². The highest BCUT2D eigenvalue weighted by Gasteiger charge is 2.41. The summed E-state index contributed by atoms with van der Waals surface area (Å²) in [5, 5.41) is -0.465. The minimum Gasteiger partial charge on any atom is -0.377 e. The monoisotopic (exact) mass is 247 g/mol. The summed E-state index contributed by atoms with van der Waals surface area (Å²) in [6.45, 7) is 2.45.